The molecule has 0 atom stereocenters. The molecule has 0 bridgehead atoms. The van der Waals surface area contributed by atoms with E-state index in [0.717, 1.165) is 22.6 Å². The third-order valence-electron chi connectivity index (χ3n) is 6.07. The van der Waals surface area contributed by atoms with E-state index in [1.807, 2.05) is 59.1 Å². The van der Waals surface area contributed by atoms with Gasteiger partial charge in [-0.05, 0) is 35.2 Å². The molecular formula is C29H34N6O5S. The second-order valence-electron chi connectivity index (χ2n) is 10.7. The minimum atomic E-state index is -3.60. The van der Waals surface area contributed by atoms with Crippen molar-refractivity contribution in [2.75, 3.05) is 47.7 Å². The van der Waals surface area contributed by atoms with Gasteiger partial charge in [-0.3, -0.25) is 4.72 Å². The fourth-order valence-electron chi connectivity index (χ4n) is 4.11. The van der Waals surface area contributed by atoms with Gasteiger partial charge in [-0.2, -0.15) is 4.98 Å². The first kappa shape index (κ1) is 29.4. The summed E-state index contributed by atoms with van der Waals surface area (Å²) < 4.78 is 38.1. The van der Waals surface area contributed by atoms with Gasteiger partial charge in [-0.1, -0.05) is 45.0 Å². The van der Waals surface area contributed by atoms with Gasteiger partial charge < -0.3 is 25.0 Å². The lowest BCUT2D eigenvalue weighted by Gasteiger charge is -2.24. The molecule has 216 valence electrons. The lowest BCUT2D eigenvalue weighted by atomic mass is 9.86. The van der Waals surface area contributed by atoms with Crippen LogP contribution in [0, 0.1) is 0 Å². The summed E-state index contributed by atoms with van der Waals surface area (Å²) >= 11 is 0. The fraction of sp³-hybridized carbons (Fsp3) is 0.276. The van der Waals surface area contributed by atoms with E-state index in [2.05, 4.69) is 25.3 Å². The minimum Gasteiger partial charge on any atom is -0.492 e. The van der Waals surface area contributed by atoms with Crippen LogP contribution in [0.3, 0.4) is 0 Å². The van der Waals surface area contributed by atoms with E-state index in [1.165, 1.54) is 7.11 Å². The van der Waals surface area contributed by atoms with Crippen LogP contribution in [0.15, 0.2) is 60.8 Å². The van der Waals surface area contributed by atoms with Crippen molar-refractivity contribution in [3.63, 3.8) is 0 Å². The first-order valence-electron chi connectivity index (χ1n) is 12.7. The highest BCUT2D eigenvalue weighted by Crippen LogP contribution is 2.39. The number of rotatable bonds is 8. The summed E-state index contributed by atoms with van der Waals surface area (Å²) in [6, 6.07) is 15.6. The first-order chi connectivity index (χ1) is 19.2. The van der Waals surface area contributed by atoms with Gasteiger partial charge in [0.1, 0.15) is 5.75 Å². The van der Waals surface area contributed by atoms with Crippen LogP contribution < -0.4 is 29.7 Å². The first-order valence-corrected chi connectivity index (χ1v) is 14.6. The number of ether oxygens (including phenoxy) is 2. The zero-order chi connectivity index (χ0) is 29.9. The number of nitrogens with one attached hydrogen (secondary N) is 3. The van der Waals surface area contributed by atoms with E-state index < -0.39 is 16.1 Å². The number of urea groups is 1. The molecule has 0 saturated heterocycles. The Hall–Kier alpha value is -4.58. The van der Waals surface area contributed by atoms with E-state index in [9.17, 15) is 13.2 Å². The van der Waals surface area contributed by atoms with Crippen LogP contribution in [0.1, 0.15) is 26.3 Å². The second kappa shape index (κ2) is 11.5. The Morgan fingerprint density at radius 3 is 2.22 bits per heavy atom. The molecule has 1 heterocycles. The van der Waals surface area contributed by atoms with Crippen LogP contribution >= 0.6 is 0 Å². The molecule has 11 nitrogen and oxygen atoms in total. The summed E-state index contributed by atoms with van der Waals surface area (Å²) in [6.45, 7) is 5.96. The number of carbonyl (C=O) groups excluding carboxylic acids is 1. The smallest absolute Gasteiger partial charge is 0.323 e. The number of aromatic nitrogens is 2. The lowest BCUT2D eigenvalue weighted by molar-refractivity contribution is 0.262. The number of methoxy groups -OCH3 is 1. The quantitative estimate of drug-likeness (QED) is 0.238. The van der Waals surface area contributed by atoms with Crippen LogP contribution in [0.4, 0.5) is 27.8 Å². The third-order valence-corrected chi connectivity index (χ3v) is 6.66. The van der Waals surface area contributed by atoms with Crippen LogP contribution in [-0.4, -0.2) is 51.9 Å². The molecule has 1 aromatic heterocycles. The zero-order valence-electron chi connectivity index (χ0n) is 24.1. The van der Waals surface area contributed by atoms with Gasteiger partial charge in [0.15, 0.2) is 5.75 Å². The van der Waals surface area contributed by atoms with Crippen LogP contribution in [-0.2, 0) is 15.4 Å². The van der Waals surface area contributed by atoms with Crippen molar-refractivity contribution < 1.29 is 22.7 Å². The van der Waals surface area contributed by atoms with E-state index in [-0.39, 0.29) is 16.9 Å². The zero-order valence-corrected chi connectivity index (χ0v) is 24.9. The number of anilines is 4. The summed E-state index contributed by atoms with van der Waals surface area (Å²) in [7, 11) is 1.50. The molecular weight excluding hydrogens is 544 g/mol. The maximum atomic E-state index is 13.3. The number of hydrogen-bond donors (Lipinski definition) is 3. The predicted octanol–water partition coefficient (Wildman–Crippen LogP) is 5.81. The van der Waals surface area contributed by atoms with Gasteiger partial charge in [0.05, 0.1) is 30.4 Å². The summed E-state index contributed by atoms with van der Waals surface area (Å²) in [5.74, 6) is 1.65. The normalized spacial score (nSPS) is 11.6. The predicted molar refractivity (Wildman–Crippen MR) is 163 cm³/mol. The maximum Gasteiger partial charge on any atom is 0.323 e. The molecule has 0 radical (unpaired) electrons. The number of sulfonamides is 1. The molecule has 0 aliphatic heterocycles. The van der Waals surface area contributed by atoms with E-state index in [1.54, 1.807) is 41.4 Å². The van der Waals surface area contributed by atoms with Crippen molar-refractivity contribution in [1.82, 2.24) is 9.97 Å². The molecule has 3 aromatic carbocycles. The molecule has 0 aliphatic rings. The number of hydrogen-bond acceptors (Lipinski definition) is 8. The largest absolute Gasteiger partial charge is 0.492 e. The van der Waals surface area contributed by atoms with Gasteiger partial charge >= 0.3 is 6.03 Å². The SMILES string of the molecule is COc1c(NC(=O)Nc2ccc(Oc3ccnc(N(C)C)n3)c3ccccc23)cc(C(C)(C)C)cc1NS(C)(=O)=O. The minimum absolute atomic E-state index is 0.189. The molecule has 4 aromatic rings. The Morgan fingerprint density at radius 2 is 1.59 bits per heavy atom. The van der Waals surface area contributed by atoms with Gasteiger partial charge in [0, 0.05) is 37.1 Å². The molecule has 3 N–H and O–H groups in total. The number of carbonyl (C=O) groups is 1. The number of benzene rings is 3. The number of amides is 2. The second-order valence-corrected chi connectivity index (χ2v) is 12.4. The molecule has 0 fully saturated rings. The summed E-state index contributed by atoms with van der Waals surface area (Å²) in [5.41, 5.74) is 1.55. The van der Waals surface area contributed by atoms with Gasteiger partial charge in [-0.25, -0.2) is 18.2 Å². The molecule has 0 unspecified atom stereocenters. The Kier molecular flexibility index (Phi) is 8.24. The summed E-state index contributed by atoms with van der Waals surface area (Å²) in [6.07, 6.45) is 2.68. The Balaban J connectivity index is 1.65. The highest BCUT2D eigenvalue weighted by molar-refractivity contribution is 7.92. The molecule has 4 rings (SSSR count). The van der Waals surface area contributed by atoms with Gasteiger partial charge in [-0.15, -0.1) is 0 Å². The maximum absolute atomic E-state index is 13.3. The molecule has 12 heteroatoms. The molecule has 41 heavy (non-hydrogen) atoms. The Bertz CT molecular complexity index is 1700. The average Bonchev–Trinajstić information content (AvgIpc) is 2.88. The van der Waals surface area contributed by atoms with E-state index in [0.29, 0.717) is 29.0 Å². The monoisotopic (exact) mass is 578 g/mol. The van der Waals surface area contributed by atoms with Crippen LogP contribution in [0.25, 0.3) is 10.8 Å². The van der Waals surface area contributed by atoms with Crippen molar-refractivity contribution >= 4 is 49.8 Å². The Morgan fingerprint density at radius 1 is 0.927 bits per heavy atom. The molecule has 0 aliphatic carbocycles. The molecule has 0 spiro atoms. The highest BCUT2D eigenvalue weighted by atomic mass is 32.2. The van der Waals surface area contributed by atoms with E-state index in [4.69, 9.17) is 9.47 Å². The van der Waals surface area contributed by atoms with Crippen molar-refractivity contribution in [3.05, 3.63) is 66.4 Å². The number of fused-ring (bicyclic) bond motifs is 1. The topological polar surface area (TPSA) is 135 Å². The summed E-state index contributed by atoms with van der Waals surface area (Å²) in [4.78, 5) is 23.7. The average molecular weight is 579 g/mol. The van der Waals surface area contributed by atoms with Crippen LogP contribution in [0.5, 0.6) is 17.4 Å². The van der Waals surface area contributed by atoms with Crippen LogP contribution in [0.2, 0.25) is 0 Å². The summed E-state index contributed by atoms with van der Waals surface area (Å²) in [5, 5.41) is 7.23. The lowest BCUT2D eigenvalue weighted by Crippen LogP contribution is -2.22. The Labute approximate surface area is 240 Å². The molecule has 0 saturated carbocycles. The standard InChI is InChI=1S/C29H34N6O5S/c1-29(2,3)18-16-22(26(39-6)23(17-18)34-41(7,37)38)32-28(36)31-21-12-13-24(20-11-9-8-10-19(20)21)40-25-14-15-30-27(33-25)35(4)5/h8-17,34H,1-7H3,(H2,31,32,36). The molecule has 2 amide bonds. The fourth-order valence-corrected chi connectivity index (χ4v) is 4.66. The van der Waals surface area contributed by atoms with Gasteiger partial charge in [0.2, 0.25) is 21.9 Å². The van der Waals surface area contributed by atoms with Crippen molar-refractivity contribution in [2.24, 2.45) is 0 Å². The van der Waals surface area contributed by atoms with Crippen molar-refractivity contribution in [1.29, 1.82) is 0 Å². The van der Waals surface area contributed by atoms with Gasteiger partial charge in [0.25, 0.3) is 0 Å². The van der Waals surface area contributed by atoms with Crippen molar-refractivity contribution in [3.8, 4) is 17.4 Å². The van der Waals surface area contributed by atoms with Crippen molar-refractivity contribution in [2.45, 2.75) is 26.2 Å². The number of nitrogens with zero attached hydrogens (tertiary/aromatic N) is 3. The third kappa shape index (κ3) is 7.14. The highest BCUT2D eigenvalue weighted by Gasteiger charge is 2.22. The van der Waals surface area contributed by atoms with E-state index >= 15 is 0 Å².